The molecule has 0 aliphatic rings. The van der Waals surface area contributed by atoms with Crippen LogP contribution in [0.3, 0.4) is 0 Å². The van der Waals surface area contributed by atoms with Crippen molar-refractivity contribution >= 4 is 7.85 Å². The van der Waals surface area contributed by atoms with E-state index in [2.05, 4.69) is 47.7 Å². The fraction of sp³-hybridized carbons (Fsp3) is 0.500. The number of hydrogen-bond acceptors (Lipinski definition) is 0. The first kappa shape index (κ1) is 10.4. The summed E-state index contributed by atoms with van der Waals surface area (Å²) in [7, 11) is 2.27. The second-order valence-corrected chi connectivity index (χ2v) is 4.39. The molecule has 13 heavy (non-hydrogen) atoms. The first-order chi connectivity index (χ1) is 6.02. The summed E-state index contributed by atoms with van der Waals surface area (Å²) in [5.74, 6) is 0.751. The van der Waals surface area contributed by atoms with Crippen LogP contribution in [-0.4, -0.2) is 7.85 Å². The monoisotopic (exact) mass is 174 g/mol. The molecule has 0 aliphatic heterocycles. The molecule has 70 valence electrons. The number of benzene rings is 1. The van der Waals surface area contributed by atoms with Crippen LogP contribution in [0.5, 0.6) is 0 Å². The molecule has 0 saturated carbocycles. The predicted octanol–water partition coefficient (Wildman–Crippen LogP) is 2.60. The normalized spacial score (nSPS) is 12.9. The predicted molar refractivity (Wildman–Crippen MR) is 62.3 cm³/mol. The van der Waals surface area contributed by atoms with Crippen molar-refractivity contribution in [1.82, 2.24) is 0 Å². The van der Waals surface area contributed by atoms with E-state index in [0.29, 0.717) is 0 Å². The van der Waals surface area contributed by atoms with Gasteiger partial charge in [0, 0.05) is 0 Å². The maximum atomic E-state index is 2.28. The van der Waals surface area contributed by atoms with Crippen LogP contribution >= 0.6 is 0 Å². The van der Waals surface area contributed by atoms with Gasteiger partial charge in [-0.05, 0) is 49.4 Å². The topological polar surface area (TPSA) is 0 Å². The van der Waals surface area contributed by atoms with E-state index in [-0.39, 0.29) is 0 Å². The van der Waals surface area contributed by atoms with Crippen LogP contribution in [0.15, 0.2) is 12.1 Å². The molecule has 1 rings (SSSR count). The van der Waals surface area contributed by atoms with Gasteiger partial charge in [-0.2, -0.15) is 0 Å². The molecule has 0 N–H and O–H groups in total. The molecule has 0 radical (unpaired) electrons. The zero-order valence-corrected chi connectivity index (χ0v) is 9.44. The van der Waals surface area contributed by atoms with E-state index < -0.39 is 0 Å². The Morgan fingerprint density at radius 3 is 2.31 bits per heavy atom. The van der Waals surface area contributed by atoms with E-state index in [0.717, 1.165) is 5.82 Å². The van der Waals surface area contributed by atoms with Gasteiger partial charge in [0.1, 0.15) is 7.85 Å². The zero-order chi connectivity index (χ0) is 10.0. The van der Waals surface area contributed by atoms with Crippen molar-refractivity contribution in [2.45, 2.75) is 39.9 Å². The van der Waals surface area contributed by atoms with Gasteiger partial charge in [-0.3, -0.25) is 0 Å². The maximum Gasteiger partial charge on any atom is 0.105 e. The molecule has 1 aromatic carbocycles. The molecule has 0 aliphatic carbocycles. The highest BCUT2D eigenvalue weighted by Gasteiger charge is 2.04. The summed E-state index contributed by atoms with van der Waals surface area (Å²) in [6.45, 7) is 8.91. The Bertz CT molecular complexity index is 300. The highest BCUT2D eigenvalue weighted by molar-refractivity contribution is 6.11. The minimum atomic E-state index is 0.751. The molecule has 0 nitrogen and oxygen atoms in total. The second kappa shape index (κ2) is 4.00. The van der Waals surface area contributed by atoms with E-state index in [4.69, 9.17) is 0 Å². The van der Waals surface area contributed by atoms with E-state index >= 15 is 0 Å². The minimum Gasteiger partial charge on any atom is -0.0694 e. The van der Waals surface area contributed by atoms with Crippen molar-refractivity contribution in [3.05, 3.63) is 34.4 Å². The average Bonchev–Trinajstić information content (AvgIpc) is 2.06. The molecule has 1 atom stereocenters. The van der Waals surface area contributed by atoms with E-state index in [1.54, 1.807) is 0 Å². The molecule has 1 aromatic rings. The lowest BCUT2D eigenvalue weighted by Crippen LogP contribution is -1.98. The van der Waals surface area contributed by atoms with Crippen molar-refractivity contribution in [3.63, 3.8) is 0 Å². The van der Waals surface area contributed by atoms with E-state index in [9.17, 15) is 0 Å². The lowest BCUT2D eigenvalue weighted by Gasteiger charge is -2.12. The SMILES string of the molecule is BC(C)Cc1ccc(C)c(C)c1C. The number of aryl methyl sites for hydroxylation is 1. The number of rotatable bonds is 2. The summed E-state index contributed by atoms with van der Waals surface area (Å²) in [6, 6.07) is 4.51. The fourth-order valence-corrected chi connectivity index (χ4v) is 1.67. The van der Waals surface area contributed by atoms with Crippen LogP contribution in [0.1, 0.15) is 29.2 Å². The van der Waals surface area contributed by atoms with Crippen molar-refractivity contribution in [2.75, 3.05) is 0 Å². The molecule has 1 heteroatoms. The molecule has 0 spiro atoms. The minimum absolute atomic E-state index is 0.751. The molecule has 1 unspecified atom stereocenters. The van der Waals surface area contributed by atoms with Gasteiger partial charge in [0.05, 0.1) is 0 Å². The Morgan fingerprint density at radius 2 is 1.77 bits per heavy atom. The highest BCUT2D eigenvalue weighted by atomic mass is 14.1. The standard InChI is InChI=1S/C12H19B/c1-8-5-6-12(7-9(2)13)11(4)10(8)3/h5-6,9H,7,13H2,1-4H3. The Kier molecular flexibility index (Phi) is 3.19. The Balaban J connectivity index is 3.04. The lowest BCUT2D eigenvalue weighted by molar-refractivity contribution is 0.903. The third kappa shape index (κ3) is 2.36. The van der Waals surface area contributed by atoms with Gasteiger partial charge < -0.3 is 0 Å². The van der Waals surface area contributed by atoms with Crippen LogP contribution in [0.25, 0.3) is 0 Å². The van der Waals surface area contributed by atoms with Gasteiger partial charge in [-0.15, -0.1) is 0 Å². The summed E-state index contributed by atoms with van der Waals surface area (Å²) in [4.78, 5) is 0. The van der Waals surface area contributed by atoms with Crippen molar-refractivity contribution in [2.24, 2.45) is 0 Å². The molecule has 0 aromatic heterocycles. The third-order valence-corrected chi connectivity index (χ3v) is 2.80. The summed E-state index contributed by atoms with van der Waals surface area (Å²) < 4.78 is 0. The van der Waals surface area contributed by atoms with Gasteiger partial charge in [0.25, 0.3) is 0 Å². The quantitative estimate of drug-likeness (QED) is 0.604. The Morgan fingerprint density at radius 1 is 1.15 bits per heavy atom. The summed E-state index contributed by atoms with van der Waals surface area (Å²) in [6.07, 6.45) is 1.20. The van der Waals surface area contributed by atoms with Crippen molar-refractivity contribution in [3.8, 4) is 0 Å². The van der Waals surface area contributed by atoms with Gasteiger partial charge in [0.2, 0.25) is 0 Å². The summed E-state index contributed by atoms with van der Waals surface area (Å²) >= 11 is 0. The zero-order valence-electron chi connectivity index (χ0n) is 9.44. The largest absolute Gasteiger partial charge is 0.105 e. The highest BCUT2D eigenvalue weighted by Crippen LogP contribution is 2.20. The van der Waals surface area contributed by atoms with E-state index in [1.807, 2.05) is 0 Å². The molecule has 0 fully saturated rings. The molecule has 0 amide bonds. The first-order valence-electron chi connectivity index (χ1n) is 5.08. The molecule has 0 heterocycles. The fourth-order valence-electron chi connectivity index (χ4n) is 1.67. The van der Waals surface area contributed by atoms with E-state index in [1.165, 1.54) is 28.7 Å². The maximum absolute atomic E-state index is 2.28. The molecule has 0 saturated heterocycles. The van der Waals surface area contributed by atoms with Crippen LogP contribution in [-0.2, 0) is 6.42 Å². The van der Waals surface area contributed by atoms with Gasteiger partial charge in [0.15, 0.2) is 0 Å². The first-order valence-corrected chi connectivity index (χ1v) is 5.08. The third-order valence-electron chi connectivity index (χ3n) is 2.80. The van der Waals surface area contributed by atoms with Gasteiger partial charge >= 0.3 is 0 Å². The van der Waals surface area contributed by atoms with Crippen molar-refractivity contribution in [1.29, 1.82) is 0 Å². The molecular formula is C12H19B. The van der Waals surface area contributed by atoms with Crippen LogP contribution < -0.4 is 0 Å². The lowest BCUT2D eigenvalue weighted by atomic mass is 9.82. The Labute approximate surface area is 82.8 Å². The molecular weight excluding hydrogens is 155 g/mol. The number of hydrogen-bond donors (Lipinski definition) is 0. The van der Waals surface area contributed by atoms with Crippen molar-refractivity contribution < 1.29 is 0 Å². The second-order valence-electron chi connectivity index (χ2n) is 4.39. The van der Waals surface area contributed by atoms with Gasteiger partial charge in [-0.1, -0.05) is 24.9 Å². The van der Waals surface area contributed by atoms with Gasteiger partial charge in [-0.25, -0.2) is 0 Å². The van der Waals surface area contributed by atoms with Crippen LogP contribution in [0.4, 0.5) is 0 Å². The average molecular weight is 174 g/mol. The van der Waals surface area contributed by atoms with Crippen LogP contribution in [0.2, 0.25) is 5.82 Å². The smallest absolute Gasteiger partial charge is 0.0694 e. The Hall–Kier alpha value is -0.715. The molecule has 0 bridgehead atoms. The van der Waals surface area contributed by atoms with Crippen LogP contribution in [0, 0.1) is 20.8 Å². The summed E-state index contributed by atoms with van der Waals surface area (Å²) in [5, 5.41) is 0. The summed E-state index contributed by atoms with van der Waals surface area (Å²) in [5.41, 5.74) is 5.86.